The SMILES string of the molecule is CC(C(=O)Nc1cccc(Cl)c1)N(C)CC(=O)Nc1ccc(N2CCOCC2)cc1. The maximum absolute atomic E-state index is 12.5. The number of hydrogen-bond donors (Lipinski definition) is 2. The van der Waals surface area contributed by atoms with Crippen LogP contribution in [0.1, 0.15) is 6.92 Å². The number of hydrogen-bond acceptors (Lipinski definition) is 5. The average Bonchev–Trinajstić information content (AvgIpc) is 2.74. The third-order valence-electron chi connectivity index (χ3n) is 5.05. The average molecular weight is 431 g/mol. The minimum absolute atomic E-state index is 0.0926. The molecule has 1 atom stereocenters. The molecule has 1 aliphatic rings. The summed E-state index contributed by atoms with van der Waals surface area (Å²) in [5.41, 5.74) is 2.46. The van der Waals surface area contributed by atoms with Crippen LogP contribution < -0.4 is 15.5 Å². The zero-order valence-corrected chi connectivity index (χ0v) is 18.0. The lowest BCUT2D eigenvalue weighted by atomic mass is 10.2. The lowest BCUT2D eigenvalue weighted by Crippen LogP contribution is -2.43. The predicted molar refractivity (Wildman–Crippen MR) is 120 cm³/mol. The van der Waals surface area contributed by atoms with Crippen LogP contribution in [0, 0.1) is 0 Å². The van der Waals surface area contributed by atoms with E-state index in [-0.39, 0.29) is 18.4 Å². The van der Waals surface area contributed by atoms with Crippen molar-refractivity contribution in [1.82, 2.24) is 4.90 Å². The van der Waals surface area contributed by atoms with E-state index < -0.39 is 6.04 Å². The van der Waals surface area contributed by atoms with Gasteiger partial charge in [-0.15, -0.1) is 0 Å². The van der Waals surface area contributed by atoms with Gasteiger partial charge in [0.2, 0.25) is 11.8 Å². The van der Waals surface area contributed by atoms with Gasteiger partial charge < -0.3 is 20.3 Å². The van der Waals surface area contributed by atoms with Gasteiger partial charge in [0.1, 0.15) is 0 Å². The molecule has 8 heteroatoms. The van der Waals surface area contributed by atoms with Crippen molar-refractivity contribution in [2.24, 2.45) is 0 Å². The number of benzene rings is 2. The maximum Gasteiger partial charge on any atom is 0.241 e. The molecule has 1 saturated heterocycles. The molecule has 2 aromatic carbocycles. The van der Waals surface area contributed by atoms with Crippen LogP contribution in [0.25, 0.3) is 0 Å². The number of halogens is 1. The molecule has 0 saturated carbocycles. The molecule has 0 radical (unpaired) electrons. The van der Waals surface area contributed by atoms with Crippen LogP contribution >= 0.6 is 11.6 Å². The molecule has 0 aliphatic carbocycles. The zero-order valence-electron chi connectivity index (χ0n) is 17.2. The van der Waals surface area contributed by atoms with E-state index in [0.29, 0.717) is 10.7 Å². The van der Waals surface area contributed by atoms with Crippen LogP contribution in [-0.4, -0.2) is 62.7 Å². The molecule has 30 heavy (non-hydrogen) atoms. The first-order valence-corrected chi connectivity index (χ1v) is 10.3. The molecule has 7 nitrogen and oxygen atoms in total. The second-order valence-corrected chi connectivity index (χ2v) is 7.72. The molecule has 0 spiro atoms. The summed E-state index contributed by atoms with van der Waals surface area (Å²) in [4.78, 5) is 28.8. The Labute approximate surface area is 181 Å². The number of carbonyl (C=O) groups is 2. The van der Waals surface area contributed by atoms with Gasteiger partial charge in [-0.25, -0.2) is 0 Å². The summed E-state index contributed by atoms with van der Waals surface area (Å²) in [5.74, 6) is -0.388. The van der Waals surface area contributed by atoms with Crippen molar-refractivity contribution in [3.05, 3.63) is 53.6 Å². The number of anilines is 3. The normalized spacial score (nSPS) is 15.0. The number of likely N-dealkylation sites (N-methyl/N-ethyl adjacent to an activating group) is 1. The van der Waals surface area contributed by atoms with Crippen LogP contribution in [0.5, 0.6) is 0 Å². The van der Waals surface area contributed by atoms with E-state index in [1.165, 1.54) is 0 Å². The Hall–Kier alpha value is -2.61. The van der Waals surface area contributed by atoms with Gasteiger partial charge in [0.05, 0.1) is 25.8 Å². The Balaban J connectivity index is 1.49. The quantitative estimate of drug-likeness (QED) is 0.706. The molecule has 3 rings (SSSR count). The van der Waals surface area contributed by atoms with Crippen LogP contribution in [-0.2, 0) is 14.3 Å². The first kappa shape index (κ1) is 22.1. The zero-order chi connectivity index (χ0) is 21.5. The van der Waals surface area contributed by atoms with Gasteiger partial charge in [0, 0.05) is 35.2 Å². The lowest BCUT2D eigenvalue weighted by Gasteiger charge is -2.29. The Bertz CT molecular complexity index is 869. The summed E-state index contributed by atoms with van der Waals surface area (Å²) in [7, 11) is 1.74. The fourth-order valence-corrected chi connectivity index (χ4v) is 3.34. The molecular weight excluding hydrogens is 404 g/mol. The Kier molecular flexibility index (Phi) is 7.68. The van der Waals surface area contributed by atoms with Crippen LogP contribution in [0.3, 0.4) is 0 Å². The van der Waals surface area contributed by atoms with Crippen molar-refractivity contribution in [1.29, 1.82) is 0 Å². The second-order valence-electron chi connectivity index (χ2n) is 7.29. The van der Waals surface area contributed by atoms with Crippen LogP contribution in [0.15, 0.2) is 48.5 Å². The van der Waals surface area contributed by atoms with Gasteiger partial charge in [0.25, 0.3) is 0 Å². The van der Waals surface area contributed by atoms with Crippen molar-refractivity contribution in [3.8, 4) is 0 Å². The van der Waals surface area contributed by atoms with E-state index in [1.807, 2.05) is 24.3 Å². The topological polar surface area (TPSA) is 73.9 Å². The highest BCUT2D eigenvalue weighted by Gasteiger charge is 2.20. The van der Waals surface area contributed by atoms with Gasteiger partial charge >= 0.3 is 0 Å². The summed E-state index contributed by atoms with van der Waals surface area (Å²) in [6.45, 7) is 5.04. The summed E-state index contributed by atoms with van der Waals surface area (Å²) in [6, 6.07) is 14.2. The Morgan fingerprint density at radius 1 is 1.10 bits per heavy atom. The monoisotopic (exact) mass is 430 g/mol. The fourth-order valence-electron chi connectivity index (χ4n) is 3.15. The molecule has 1 aliphatic heterocycles. The highest BCUT2D eigenvalue weighted by atomic mass is 35.5. The Morgan fingerprint density at radius 3 is 2.47 bits per heavy atom. The number of rotatable bonds is 7. The first-order chi connectivity index (χ1) is 14.4. The molecule has 1 heterocycles. The van der Waals surface area contributed by atoms with Crippen molar-refractivity contribution in [3.63, 3.8) is 0 Å². The summed E-state index contributed by atoms with van der Waals surface area (Å²) in [5, 5.41) is 6.24. The minimum atomic E-state index is -0.488. The fraction of sp³-hybridized carbons (Fsp3) is 0.364. The van der Waals surface area contributed by atoms with E-state index in [4.69, 9.17) is 16.3 Å². The summed E-state index contributed by atoms with van der Waals surface area (Å²) < 4.78 is 5.37. The molecule has 2 aromatic rings. The second kappa shape index (κ2) is 10.4. The minimum Gasteiger partial charge on any atom is -0.378 e. The van der Waals surface area contributed by atoms with Crippen molar-refractivity contribution < 1.29 is 14.3 Å². The van der Waals surface area contributed by atoms with E-state index >= 15 is 0 Å². The number of carbonyl (C=O) groups excluding carboxylic acids is 2. The maximum atomic E-state index is 12.5. The first-order valence-electron chi connectivity index (χ1n) is 9.91. The molecule has 1 unspecified atom stereocenters. The van der Waals surface area contributed by atoms with Gasteiger partial charge in [-0.2, -0.15) is 0 Å². The van der Waals surface area contributed by atoms with E-state index in [1.54, 1.807) is 43.1 Å². The highest BCUT2D eigenvalue weighted by molar-refractivity contribution is 6.30. The standard InChI is InChI=1S/C22H27ClN4O3/c1-16(22(29)25-19-5-3-4-17(23)14-19)26(2)15-21(28)24-18-6-8-20(9-7-18)27-10-12-30-13-11-27/h3-9,14,16H,10-13,15H2,1-2H3,(H,24,28)(H,25,29). The molecule has 160 valence electrons. The highest BCUT2D eigenvalue weighted by Crippen LogP contribution is 2.19. The van der Waals surface area contributed by atoms with Crippen molar-refractivity contribution in [2.45, 2.75) is 13.0 Å². The molecule has 2 amide bonds. The van der Waals surface area contributed by atoms with E-state index in [0.717, 1.165) is 37.7 Å². The lowest BCUT2D eigenvalue weighted by molar-refractivity contribution is -0.122. The van der Waals surface area contributed by atoms with Crippen LogP contribution in [0.2, 0.25) is 5.02 Å². The van der Waals surface area contributed by atoms with Crippen LogP contribution in [0.4, 0.5) is 17.1 Å². The molecule has 2 N–H and O–H groups in total. The van der Waals surface area contributed by atoms with Gasteiger partial charge in [-0.1, -0.05) is 17.7 Å². The molecule has 0 aromatic heterocycles. The Morgan fingerprint density at radius 2 is 1.80 bits per heavy atom. The number of amides is 2. The van der Waals surface area contributed by atoms with Gasteiger partial charge in [-0.3, -0.25) is 14.5 Å². The third-order valence-corrected chi connectivity index (χ3v) is 5.29. The molecule has 1 fully saturated rings. The molecular formula is C22H27ClN4O3. The third kappa shape index (κ3) is 6.19. The number of nitrogens with one attached hydrogen (secondary N) is 2. The van der Waals surface area contributed by atoms with Crippen molar-refractivity contribution in [2.75, 3.05) is 55.4 Å². The van der Waals surface area contributed by atoms with E-state index in [2.05, 4.69) is 15.5 Å². The van der Waals surface area contributed by atoms with E-state index in [9.17, 15) is 9.59 Å². The summed E-state index contributed by atoms with van der Waals surface area (Å²) in [6.07, 6.45) is 0. The smallest absolute Gasteiger partial charge is 0.241 e. The number of morpholine rings is 1. The molecule has 0 bridgehead atoms. The van der Waals surface area contributed by atoms with Crippen molar-refractivity contribution >= 4 is 40.5 Å². The largest absolute Gasteiger partial charge is 0.378 e. The van der Waals surface area contributed by atoms with Gasteiger partial charge in [-0.05, 0) is 56.4 Å². The summed E-state index contributed by atoms with van der Waals surface area (Å²) >= 11 is 5.95. The van der Waals surface area contributed by atoms with Gasteiger partial charge in [0.15, 0.2) is 0 Å². The number of ether oxygens (including phenoxy) is 1. The predicted octanol–water partition coefficient (Wildman–Crippen LogP) is 3.07. The number of nitrogens with zero attached hydrogens (tertiary/aromatic N) is 2.